The van der Waals surface area contributed by atoms with E-state index in [4.69, 9.17) is 4.74 Å². The van der Waals surface area contributed by atoms with Gasteiger partial charge in [-0.25, -0.2) is 9.97 Å². The van der Waals surface area contributed by atoms with E-state index in [1.54, 1.807) is 18.6 Å². The van der Waals surface area contributed by atoms with E-state index in [2.05, 4.69) is 15.0 Å². The van der Waals surface area contributed by atoms with Gasteiger partial charge in [0.15, 0.2) is 5.65 Å². The van der Waals surface area contributed by atoms with E-state index in [0.717, 1.165) is 29.0 Å². The average Bonchev–Trinajstić information content (AvgIpc) is 3.32. The summed E-state index contributed by atoms with van der Waals surface area (Å²) in [5.74, 6) is 1.28. The molecule has 31 heavy (non-hydrogen) atoms. The van der Waals surface area contributed by atoms with Gasteiger partial charge in [-0.3, -0.25) is 9.78 Å². The van der Waals surface area contributed by atoms with E-state index < -0.39 is 6.10 Å². The number of fused-ring (bicyclic) bond motifs is 2. The average molecular weight is 422 g/mol. The second kappa shape index (κ2) is 7.60. The number of amides is 1. The fourth-order valence-electron chi connectivity index (χ4n) is 4.96. The molecule has 162 valence electrons. The quantitative estimate of drug-likeness (QED) is 0.697. The van der Waals surface area contributed by atoms with Crippen molar-refractivity contribution in [2.24, 2.45) is 18.9 Å². The zero-order chi connectivity index (χ0) is 21.7. The second-order valence-corrected chi connectivity index (χ2v) is 8.88. The van der Waals surface area contributed by atoms with E-state index in [-0.39, 0.29) is 17.9 Å². The van der Waals surface area contributed by atoms with Gasteiger partial charge in [0.2, 0.25) is 0 Å². The highest BCUT2D eigenvalue weighted by Crippen LogP contribution is 2.38. The lowest BCUT2D eigenvalue weighted by Crippen LogP contribution is -2.42. The number of hydrogen-bond donors (Lipinski definition) is 1. The van der Waals surface area contributed by atoms with Gasteiger partial charge in [-0.15, -0.1) is 0 Å². The Hall–Kier alpha value is -3.00. The van der Waals surface area contributed by atoms with Crippen LogP contribution in [0.3, 0.4) is 0 Å². The molecule has 1 saturated heterocycles. The minimum Gasteiger partial charge on any atom is -0.486 e. The van der Waals surface area contributed by atoms with Gasteiger partial charge in [-0.1, -0.05) is 0 Å². The van der Waals surface area contributed by atoms with E-state index in [1.807, 2.05) is 42.5 Å². The standard InChI is InChI=1S/C23H27N5O3/c1-13-4-5-20(14(2)26-13)31-21-8-17-11-28(10-16(17)7-19(21)29)23(30)15-6-18-22(24-9-15)27(3)12-25-18/h4-6,9,12,16-17,19,21,29H,7-8,10-11H2,1-3H3/t16-,17+,19+,21+/m0/s1. The Balaban J connectivity index is 1.29. The fourth-order valence-corrected chi connectivity index (χ4v) is 4.96. The number of nitrogens with zero attached hydrogens (tertiary/aromatic N) is 5. The highest BCUT2D eigenvalue weighted by molar-refractivity contribution is 5.96. The maximum absolute atomic E-state index is 13.1. The number of carbonyl (C=O) groups excluding carboxylic acids is 1. The first-order valence-electron chi connectivity index (χ1n) is 10.7. The van der Waals surface area contributed by atoms with Crippen LogP contribution in [0.25, 0.3) is 11.2 Å². The van der Waals surface area contributed by atoms with E-state index >= 15 is 0 Å². The van der Waals surface area contributed by atoms with Crippen molar-refractivity contribution in [1.29, 1.82) is 0 Å². The summed E-state index contributed by atoms with van der Waals surface area (Å²) >= 11 is 0. The Bertz CT molecular complexity index is 1140. The van der Waals surface area contributed by atoms with Crippen LogP contribution < -0.4 is 4.74 Å². The molecule has 0 spiro atoms. The third kappa shape index (κ3) is 3.65. The van der Waals surface area contributed by atoms with Crippen molar-refractivity contribution in [1.82, 2.24) is 24.4 Å². The lowest BCUT2D eigenvalue weighted by molar-refractivity contribution is -0.0236. The number of imidazole rings is 1. The summed E-state index contributed by atoms with van der Waals surface area (Å²) in [6.07, 6.45) is 3.84. The third-order valence-electron chi connectivity index (χ3n) is 6.63. The van der Waals surface area contributed by atoms with Crippen LogP contribution >= 0.6 is 0 Å². The van der Waals surface area contributed by atoms with Crippen molar-refractivity contribution in [2.45, 2.75) is 38.9 Å². The summed E-state index contributed by atoms with van der Waals surface area (Å²) in [5.41, 5.74) is 3.80. The van der Waals surface area contributed by atoms with Crippen molar-refractivity contribution in [3.8, 4) is 5.75 Å². The zero-order valence-corrected chi connectivity index (χ0v) is 18.0. The summed E-state index contributed by atoms with van der Waals surface area (Å²) < 4.78 is 7.99. The Morgan fingerprint density at radius 3 is 2.71 bits per heavy atom. The lowest BCUT2D eigenvalue weighted by Gasteiger charge is -2.35. The molecule has 1 aliphatic heterocycles. The van der Waals surface area contributed by atoms with Crippen molar-refractivity contribution in [2.75, 3.05) is 13.1 Å². The molecule has 1 aliphatic carbocycles. The molecule has 3 aromatic heterocycles. The number of likely N-dealkylation sites (tertiary alicyclic amines) is 1. The maximum Gasteiger partial charge on any atom is 0.255 e. The molecule has 3 aromatic rings. The van der Waals surface area contributed by atoms with Crippen molar-refractivity contribution < 1.29 is 14.6 Å². The van der Waals surface area contributed by atoms with Gasteiger partial charge < -0.3 is 19.3 Å². The van der Waals surface area contributed by atoms with Crippen LogP contribution in [0.1, 0.15) is 34.6 Å². The summed E-state index contributed by atoms with van der Waals surface area (Å²) in [5, 5.41) is 10.7. The molecule has 0 radical (unpaired) electrons. The maximum atomic E-state index is 13.1. The van der Waals surface area contributed by atoms with Crippen LogP contribution in [0.2, 0.25) is 0 Å². The number of aliphatic hydroxyl groups is 1. The van der Waals surface area contributed by atoms with Crippen LogP contribution in [0.4, 0.5) is 0 Å². The van der Waals surface area contributed by atoms with Crippen LogP contribution in [0.15, 0.2) is 30.7 Å². The highest BCUT2D eigenvalue weighted by atomic mass is 16.5. The third-order valence-corrected chi connectivity index (χ3v) is 6.63. The highest BCUT2D eigenvalue weighted by Gasteiger charge is 2.44. The predicted octanol–water partition coefficient (Wildman–Crippen LogP) is 2.27. The predicted molar refractivity (Wildman–Crippen MR) is 115 cm³/mol. The molecule has 0 bridgehead atoms. The number of ether oxygens (including phenoxy) is 1. The number of pyridine rings is 2. The SMILES string of the molecule is Cc1ccc(O[C@@H]2C[C@@H]3CN(C(=O)c4cnc5c(c4)ncn5C)C[C@@H]3C[C@H]2O)c(C)n1. The van der Waals surface area contributed by atoms with Crippen LogP contribution in [0.5, 0.6) is 5.75 Å². The number of carbonyl (C=O) groups is 1. The first-order valence-corrected chi connectivity index (χ1v) is 10.7. The normalized spacial score (nSPS) is 25.6. The number of aliphatic hydroxyl groups excluding tert-OH is 1. The molecule has 1 N–H and O–H groups in total. The minimum absolute atomic E-state index is 0.0278. The van der Waals surface area contributed by atoms with Crippen molar-refractivity contribution >= 4 is 17.1 Å². The topological polar surface area (TPSA) is 93.4 Å². The molecule has 4 atom stereocenters. The minimum atomic E-state index is -0.552. The van der Waals surface area contributed by atoms with Gasteiger partial charge in [0.05, 0.1) is 23.7 Å². The fraction of sp³-hybridized carbons (Fsp3) is 0.478. The Morgan fingerprint density at radius 2 is 1.94 bits per heavy atom. The summed E-state index contributed by atoms with van der Waals surface area (Å²) in [7, 11) is 1.88. The monoisotopic (exact) mass is 421 g/mol. The number of hydrogen-bond acceptors (Lipinski definition) is 6. The second-order valence-electron chi connectivity index (χ2n) is 8.88. The van der Waals surface area contributed by atoms with Gasteiger partial charge >= 0.3 is 0 Å². The molecule has 1 amide bonds. The Kier molecular flexibility index (Phi) is 4.89. The lowest BCUT2D eigenvalue weighted by atomic mass is 9.78. The van der Waals surface area contributed by atoms with Gasteiger partial charge in [-0.05, 0) is 56.7 Å². The van der Waals surface area contributed by atoms with Crippen molar-refractivity contribution in [3.63, 3.8) is 0 Å². The molecular weight excluding hydrogens is 394 g/mol. The molecule has 5 rings (SSSR count). The van der Waals surface area contributed by atoms with E-state index in [9.17, 15) is 9.90 Å². The van der Waals surface area contributed by atoms with Crippen LogP contribution in [-0.4, -0.2) is 60.7 Å². The summed E-state index contributed by atoms with van der Waals surface area (Å²) in [6, 6.07) is 5.64. The number of aromatic nitrogens is 4. The summed E-state index contributed by atoms with van der Waals surface area (Å²) in [4.78, 5) is 28.2. The largest absolute Gasteiger partial charge is 0.486 e. The molecular formula is C23H27N5O3. The van der Waals surface area contributed by atoms with Gasteiger partial charge in [-0.2, -0.15) is 0 Å². The smallest absolute Gasteiger partial charge is 0.255 e. The van der Waals surface area contributed by atoms with E-state index in [0.29, 0.717) is 36.7 Å². The Morgan fingerprint density at radius 1 is 1.16 bits per heavy atom. The first-order chi connectivity index (χ1) is 14.9. The molecule has 1 saturated carbocycles. The molecule has 2 fully saturated rings. The number of rotatable bonds is 3. The van der Waals surface area contributed by atoms with Crippen molar-refractivity contribution in [3.05, 3.63) is 47.7 Å². The van der Waals surface area contributed by atoms with Crippen LogP contribution in [0, 0.1) is 25.7 Å². The zero-order valence-electron chi connectivity index (χ0n) is 18.0. The first kappa shape index (κ1) is 19.9. The summed E-state index contributed by atoms with van der Waals surface area (Å²) in [6.45, 7) is 5.19. The van der Waals surface area contributed by atoms with Gasteiger partial charge in [0.1, 0.15) is 17.4 Å². The van der Waals surface area contributed by atoms with E-state index in [1.165, 1.54) is 0 Å². The molecule has 4 heterocycles. The van der Waals surface area contributed by atoms with Gasteiger partial charge in [0.25, 0.3) is 5.91 Å². The molecule has 0 aromatic carbocycles. The Labute approximate surface area is 180 Å². The molecule has 8 heteroatoms. The van der Waals surface area contributed by atoms with Gasteiger partial charge in [0, 0.05) is 32.0 Å². The van der Waals surface area contributed by atoms with Crippen LogP contribution in [-0.2, 0) is 7.05 Å². The number of aryl methyl sites for hydroxylation is 3. The molecule has 0 unspecified atom stereocenters. The molecule has 2 aliphatic rings. The molecule has 8 nitrogen and oxygen atoms in total.